The minimum absolute atomic E-state index is 0.315. The van der Waals surface area contributed by atoms with Gasteiger partial charge in [0.1, 0.15) is 0 Å². The van der Waals surface area contributed by atoms with E-state index >= 15 is 0 Å². The van der Waals surface area contributed by atoms with Crippen molar-refractivity contribution in [2.75, 3.05) is 27.2 Å². The number of benzene rings is 1. The van der Waals surface area contributed by atoms with Crippen LogP contribution in [0.1, 0.15) is 5.56 Å². The van der Waals surface area contributed by atoms with E-state index in [2.05, 4.69) is 35.0 Å². The SMILES string of the molecule is CN(C)CC(O)CNCc1csc2ccccc12. The van der Waals surface area contributed by atoms with Crippen LogP contribution in [-0.4, -0.2) is 43.3 Å². The van der Waals surface area contributed by atoms with Gasteiger partial charge in [-0.2, -0.15) is 0 Å². The van der Waals surface area contributed by atoms with Crippen LogP contribution in [-0.2, 0) is 6.54 Å². The number of aliphatic hydroxyl groups excluding tert-OH is 1. The molecule has 4 heteroatoms. The Balaban J connectivity index is 1.87. The standard InChI is InChI=1S/C14H20N2OS/c1-16(2)9-12(17)8-15-7-11-10-18-14-6-4-3-5-13(11)14/h3-6,10,12,15,17H,7-9H2,1-2H3. The number of hydrogen-bond donors (Lipinski definition) is 2. The number of fused-ring (bicyclic) bond motifs is 1. The molecule has 3 nitrogen and oxygen atoms in total. The van der Waals surface area contributed by atoms with Crippen LogP contribution in [0.2, 0.25) is 0 Å². The van der Waals surface area contributed by atoms with Gasteiger partial charge in [0.2, 0.25) is 0 Å². The van der Waals surface area contributed by atoms with Crippen LogP contribution < -0.4 is 5.32 Å². The van der Waals surface area contributed by atoms with Crippen molar-refractivity contribution < 1.29 is 5.11 Å². The Morgan fingerprint density at radius 3 is 2.89 bits per heavy atom. The molecule has 0 saturated heterocycles. The Morgan fingerprint density at radius 2 is 2.11 bits per heavy atom. The van der Waals surface area contributed by atoms with Crippen LogP contribution >= 0.6 is 11.3 Å². The van der Waals surface area contributed by atoms with E-state index in [0.29, 0.717) is 13.1 Å². The number of aliphatic hydroxyl groups is 1. The third-order valence-electron chi connectivity index (χ3n) is 2.83. The van der Waals surface area contributed by atoms with Crippen molar-refractivity contribution in [3.8, 4) is 0 Å². The first kappa shape index (κ1) is 13.5. The minimum atomic E-state index is -0.315. The zero-order valence-corrected chi connectivity index (χ0v) is 11.7. The molecule has 0 fully saturated rings. The number of likely N-dealkylation sites (N-methyl/N-ethyl adjacent to an activating group) is 1. The molecule has 1 aromatic carbocycles. The van der Waals surface area contributed by atoms with Gasteiger partial charge < -0.3 is 15.3 Å². The van der Waals surface area contributed by atoms with Gasteiger partial charge in [-0.25, -0.2) is 0 Å². The van der Waals surface area contributed by atoms with Crippen molar-refractivity contribution in [3.05, 3.63) is 35.2 Å². The molecule has 1 unspecified atom stereocenters. The summed E-state index contributed by atoms with van der Waals surface area (Å²) in [4.78, 5) is 1.99. The van der Waals surface area contributed by atoms with Crippen LogP contribution in [0, 0.1) is 0 Å². The molecule has 1 atom stereocenters. The smallest absolute Gasteiger partial charge is 0.0791 e. The van der Waals surface area contributed by atoms with Gasteiger partial charge in [-0.05, 0) is 36.5 Å². The average molecular weight is 264 g/mol. The van der Waals surface area contributed by atoms with Gasteiger partial charge in [-0.3, -0.25) is 0 Å². The topological polar surface area (TPSA) is 35.5 Å². The van der Waals surface area contributed by atoms with E-state index in [9.17, 15) is 5.11 Å². The van der Waals surface area contributed by atoms with Gasteiger partial charge in [-0.1, -0.05) is 18.2 Å². The lowest BCUT2D eigenvalue weighted by Crippen LogP contribution is -2.34. The largest absolute Gasteiger partial charge is 0.390 e. The molecule has 0 amide bonds. The number of rotatable bonds is 6. The minimum Gasteiger partial charge on any atom is -0.390 e. The molecule has 2 rings (SSSR count). The lowest BCUT2D eigenvalue weighted by Gasteiger charge is -2.16. The van der Waals surface area contributed by atoms with Gasteiger partial charge in [0, 0.05) is 24.3 Å². The number of nitrogens with one attached hydrogen (secondary N) is 1. The monoisotopic (exact) mass is 264 g/mol. The summed E-state index contributed by atoms with van der Waals surface area (Å²) in [6, 6.07) is 8.43. The molecule has 0 spiro atoms. The van der Waals surface area contributed by atoms with E-state index in [1.165, 1.54) is 15.6 Å². The first-order valence-corrected chi connectivity index (χ1v) is 7.03. The zero-order chi connectivity index (χ0) is 13.0. The molecular formula is C14H20N2OS. The normalized spacial score (nSPS) is 13.3. The summed E-state index contributed by atoms with van der Waals surface area (Å²) in [6.07, 6.45) is -0.315. The first-order chi connectivity index (χ1) is 8.66. The molecule has 1 aromatic heterocycles. The highest BCUT2D eigenvalue weighted by Gasteiger charge is 2.06. The third kappa shape index (κ3) is 3.53. The number of hydrogen-bond acceptors (Lipinski definition) is 4. The van der Waals surface area contributed by atoms with Crippen LogP contribution in [0.25, 0.3) is 10.1 Å². The maximum absolute atomic E-state index is 9.76. The van der Waals surface area contributed by atoms with E-state index < -0.39 is 0 Å². The Bertz CT molecular complexity index is 495. The molecule has 2 N–H and O–H groups in total. The molecule has 18 heavy (non-hydrogen) atoms. The number of nitrogens with zero attached hydrogens (tertiary/aromatic N) is 1. The summed E-state index contributed by atoms with van der Waals surface area (Å²) in [7, 11) is 3.94. The van der Waals surface area contributed by atoms with E-state index in [1.54, 1.807) is 11.3 Å². The maximum Gasteiger partial charge on any atom is 0.0791 e. The van der Waals surface area contributed by atoms with Crippen molar-refractivity contribution in [2.45, 2.75) is 12.6 Å². The summed E-state index contributed by atoms with van der Waals surface area (Å²) >= 11 is 1.77. The van der Waals surface area contributed by atoms with E-state index in [0.717, 1.165) is 6.54 Å². The Kier molecular flexibility index (Phi) is 4.72. The molecular weight excluding hydrogens is 244 g/mol. The molecule has 0 aliphatic rings. The van der Waals surface area contributed by atoms with E-state index in [4.69, 9.17) is 0 Å². The predicted molar refractivity (Wildman–Crippen MR) is 78.1 cm³/mol. The molecule has 1 heterocycles. The van der Waals surface area contributed by atoms with Crippen LogP contribution in [0.15, 0.2) is 29.6 Å². The quantitative estimate of drug-likeness (QED) is 0.836. The third-order valence-corrected chi connectivity index (χ3v) is 3.84. The van der Waals surface area contributed by atoms with Crippen molar-refractivity contribution in [1.29, 1.82) is 0 Å². The highest BCUT2D eigenvalue weighted by Crippen LogP contribution is 2.25. The van der Waals surface area contributed by atoms with Crippen LogP contribution in [0.3, 0.4) is 0 Å². The van der Waals surface area contributed by atoms with Crippen LogP contribution in [0.5, 0.6) is 0 Å². The summed E-state index contributed by atoms with van der Waals surface area (Å²) in [6.45, 7) is 2.13. The van der Waals surface area contributed by atoms with Gasteiger partial charge in [0.25, 0.3) is 0 Å². The fourth-order valence-corrected chi connectivity index (χ4v) is 2.99. The lowest BCUT2D eigenvalue weighted by atomic mass is 10.2. The Hall–Kier alpha value is -0.940. The fraction of sp³-hybridized carbons (Fsp3) is 0.429. The molecule has 0 aliphatic heterocycles. The molecule has 0 aliphatic carbocycles. The lowest BCUT2D eigenvalue weighted by molar-refractivity contribution is 0.134. The molecule has 0 saturated carbocycles. The molecule has 0 bridgehead atoms. The number of thiophene rings is 1. The zero-order valence-electron chi connectivity index (χ0n) is 10.9. The van der Waals surface area contributed by atoms with Crippen molar-refractivity contribution in [2.24, 2.45) is 0 Å². The van der Waals surface area contributed by atoms with Gasteiger partial charge in [-0.15, -0.1) is 11.3 Å². The van der Waals surface area contributed by atoms with Gasteiger partial charge >= 0.3 is 0 Å². The predicted octanol–water partition coefficient (Wildman–Crippen LogP) is 1.91. The van der Waals surface area contributed by atoms with E-state index in [-0.39, 0.29) is 6.10 Å². The van der Waals surface area contributed by atoms with Gasteiger partial charge in [0.15, 0.2) is 0 Å². The van der Waals surface area contributed by atoms with Crippen LogP contribution in [0.4, 0.5) is 0 Å². The molecule has 2 aromatic rings. The second-order valence-corrected chi connectivity index (χ2v) is 5.72. The van der Waals surface area contributed by atoms with Crippen molar-refractivity contribution >= 4 is 21.4 Å². The second-order valence-electron chi connectivity index (χ2n) is 4.80. The summed E-state index contributed by atoms with van der Waals surface area (Å²) in [5.74, 6) is 0. The maximum atomic E-state index is 9.76. The summed E-state index contributed by atoms with van der Waals surface area (Å²) in [5.41, 5.74) is 1.31. The second kappa shape index (κ2) is 6.29. The van der Waals surface area contributed by atoms with Gasteiger partial charge in [0.05, 0.1) is 6.10 Å². The summed E-state index contributed by atoms with van der Waals surface area (Å²) < 4.78 is 1.32. The average Bonchev–Trinajstić information content (AvgIpc) is 2.72. The van der Waals surface area contributed by atoms with Crippen molar-refractivity contribution in [1.82, 2.24) is 10.2 Å². The fourth-order valence-electron chi connectivity index (χ4n) is 2.03. The molecule has 98 valence electrons. The highest BCUT2D eigenvalue weighted by atomic mass is 32.1. The van der Waals surface area contributed by atoms with Crippen molar-refractivity contribution in [3.63, 3.8) is 0 Å². The molecule has 0 radical (unpaired) electrons. The van der Waals surface area contributed by atoms with E-state index in [1.807, 2.05) is 19.0 Å². The first-order valence-electron chi connectivity index (χ1n) is 6.15. The Labute approximate surface area is 112 Å². The Morgan fingerprint density at radius 1 is 1.33 bits per heavy atom. The highest BCUT2D eigenvalue weighted by molar-refractivity contribution is 7.17. The summed E-state index contributed by atoms with van der Waals surface area (Å²) in [5, 5.41) is 16.6.